The Morgan fingerprint density at radius 2 is 2.00 bits per heavy atom. The molecule has 0 saturated heterocycles. The van der Waals surface area contributed by atoms with Gasteiger partial charge in [0.1, 0.15) is 0 Å². The van der Waals surface area contributed by atoms with Crippen molar-refractivity contribution < 1.29 is 8.42 Å². The van der Waals surface area contributed by atoms with E-state index >= 15 is 0 Å². The van der Waals surface area contributed by atoms with Crippen molar-refractivity contribution in [2.45, 2.75) is 65.3 Å². The summed E-state index contributed by atoms with van der Waals surface area (Å²) in [6.45, 7) is 7.31. The minimum Gasteiger partial charge on any atom is -0.314 e. The van der Waals surface area contributed by atoms with Crippen LogP contribution < -0.4 is 5.32 Å². The second kappa shape index (κ2) is 8.25. The van der Waals surface area contributed by atoms with Gasteiger partial charge in [-0.2, -0.15) is 0 Å². The third kappa shape index (κ3) is 6.26. The molecule has 1 N–H and O–H groups in total. The number of hydrogen-bond acceptors (Lipinski definition) is 3. The van der Waals surface area contributed by atoms with Crippen LogP contribution in [-0.2, 0) is 9.84 Å². The van der Waals surface area contributed by atoms with E-state index in [-0.39, 0.29) is 0 Å². The molecular weight excluding hydrogens is 258 g/mol. The quantitative estimate of drug-likeness (QED) is 0.710. The van der Waals surface area contributed by atoms with Crippen molar-refractivity contribution in [3.8, 4) is 0 Å². The number of hydrogen-bond donors (Lipinski definition) is 1. The van der Waals surface area contributed by atoms with E-state index in [1.54, 1.807) is 0 Å². The fourth-order valence-corrected chi connectivity index (χ4v) is 4.88. The van der Waals surface area contributed by atoms with Gasteiger partial charge in [0.15, 0.2) is 9.84 Å². The van der Waals surface area contributed by atoms with Crippen LogP contribution in [0.25, 0.3) is 0 Å². The predicted octanol–water partition coefficient (Wildman–Crippen LogP) is 3.01. The third-order valence-electron chi connectivity index (χ3n) is 4.35. The highest BCUT2D eigenvalue weighted by atomic mass is 32.2. The van der Waals surface area contributed by atoms with Gasteiger partial charge in [-0.05, 0) is 44.1 Å². The van der Waals surface area contributed by atoms with Crippen LogP contribution in [0.4, 0.5) is 0 Å². The summed E-state index contributed by atoms with van der Waals surface area (Å²) in [5, 5.41) is 3.57. The highest BCUT2D eigenvalue weighted by molar-refractivity contribution is 7.91. The van der Waals surface area contributed by atoms with Crippen molar-refractivity contribution in [1.29, 1.82) is 0 Å². The Kier molecular flexibility index (Phi) is 7.37. The molecule has 0 aromatic carbocycles. The van der Waals surface area contributed by atoms with Crippen molar-refractivity contribution in [2.24, 2.45) is 11.8 Å². The van der Waals surface area contributed by atoms with Crippen LogP contribution in [0.1, 0.15) is 59.3 Å². The molecular formula is C15H31NO2S. The van der Waals surface area contributed by atoms with Crippen molar-refractivity contribution in [3.05, 3.63) is 0 Å². The predicted molar refractivity (Wildman–Crippen MR) is 82.1 cm³/mol. The van der Waals surface area contributed by atoms with Gasteiger partial charge in [-0.15, -0.1) is 0 Å². The average Bonchev–Trinajstić information content (AvgIpc) is 2.80. The Bertz CT molecular complexity index is 340. The molecule has 0 aromatic heterocycles. The van der Waals surface area contributed by atoms with E-state index in [0.29, 0.717) is 29.4 Å². The summed E-state index contributed by atoms with van der Waals surface area (Å²) in [7, 11) is -2.85. The van der Waals surface area contributed by atoms with E-state index < -0.39 is 9.84 Å². The Morgan fingerprint density at radius 3 is 2.63 bits per heavy atom. The molecule has 0 bridgehead atoms. The Balaban J connectivity index is 2.38. The summed E-state index contributed by atoms with van der Waals surface area (Å²) in [5.41, 5.74) is 0. The van der Waals surface area contributed by atoms with Gasteiger partial charge in [0.05, 0.1) is 11.5 Å². The van der Waals surface area contributed by atoms with Gasteiger partial charge in [-0.3, -0.25) is 0 Å². The largest absolute Gasteiger partial charge is 0.314 e. The van der Waals surface area contributed by atoms with Crippen molar-refractivity contribution in [3.63, 3.8) is 0 Å². The molecule has 1 rings (SSSR count). The molecule has 114 valence electrons. The zero-order valence-corrected chi connectivity index (χ0v) is 13.6. The van der Waals surface area contributed by atoms with Crippen LogP contribution in [0, 0.1) is 11.8 Å². The van der Waals surface area contributed by atoms with E-state index in [9.17, 15) is 8.42 Å². The van der Waals surface area contributed by atoms with E-state index in [1.807, 2.05) is 6.92 Å². The summed E-state index contributed by atoms with van der Waals surface area (Å²) in [4.78, 5) is 0. The van der Waals surface area contributed by atoms with E-state index in [2.05, 4.69) is 19.2 Å². The van der Waals surface area contributed by atoms with Crippen LogP contribution >= 0.6 is 0 Å². The number of rotatable bonds is 9. The van der Waals surface area contributed by atoms with Crippen molar-refractivity contribution >= 4 is 9.84 Å². The fourth-order valence-electron chi connectivity index (χ4n) is 2.95. The van der Waals surface area contributed by atoms with E-state index in [0.717, 1.165) is 25.8 Å². The first-order valence-electron chi connectivity index (χ1n) is 7.92. The highest BCUT2D eigenvalue weighted by Gasteiger charge is 2.28. The third-order valence-corrected chi connectivity index (χ3v) is 6.29. The molecule has 0 aromatic rings. The summed E-state index contributed by atoms with van der Waals surface area (Å²) in [5.74, 6) is 1.61. The molecule has 0 heterocycles. The molecule has 1 aliphatic rings. The van der Waals surface area contributed by atoms with E-state index in [4.69, 9.17) is 0 Å². The molecule has 1 fully saturated rings. The van der Waals surface area contributed by atoms with Gasteiger partial charge in [0, 0.05) is 6.04 Å². The lowest BCUT2D eigenvalue weighted by atomic mass is 10.0. The van der Waals surface area contributed by atoms with Gasteiger partial charge in [0.25, 0.3) is 0 Å². The number of nitrogens with one attached hydrogen (secondary N) is 1. The normalized spacial score (nSPS) is 25.6. The molecule has 0 spiro atoms. The molecule has 0 radical (unpaired) electrons. The molecule has 3 atom stereocenters. The molecule has 0 aliphatic heterocycles. The molecule has 3 nitrogen and oxygen atoms in total. The minimum absolute atomic E-state index is 0.294. The monoisotopic (exact) mass is 289 g/mol. The fraction of sp³-hybridized carbons (Fsp3) is 1.00. The van der Waals surface area contributed by atoms with Crippen LogP contribution in [0.3, 0.4) is 0 Å². The maximum atomic E-state index is 12.1. The molecule has 1 aliphatic carbocycles. The molecule has 19 heavy (non-hydrogen) atoms. The zero-order valence-electron chi connectivity index (χ0n) is 12.8. The molecule has 4 heteroatoms. The topological polar surface area (TPSA) is 46.2 Å². The van der Waals surface area contributed by atoms with Crippen LogP contribution in [0.15, 0.2) is 0 Å². The standard InChI is InChI=1S/C15H31NO2S/c1-4-10-16-15-8-6-7-14(15)9-11-19(17,18)12-13(3)5-2/h13-16H,4-12H2,1-3H3. The van der Waals surface area contributed by atoms with Crippen molar-refractivity contribution in [1.82, 2.24) is 5.32 Å². The van der Waals surface area contributed by atoms with Gasteiger partial charge >= 0.3 is 0 Å². The van der Waals surface area contributed by atoms with Gasteiger partial charge in [-0.1, -0.05) is 33.6 Å². The smallest absolute Gasteiger partial charge is 0.150 e. The van der Waals surface area contributed by atoms with Crippen molar-refractivity contribution in [2.75, 3.05) is 18.1 Å². The zero-order chi connectivity index (χ0) is 14.3. The maximum absolute atomic E-state index is 12.1. The molecule has 1 saturated carbocycles. The van der Waals surface area contributed by atoms with Crippen LogP contribution in [-0.4, -0.2) is 32.5 Å². The first-order valence-corrected chi connectivity index (χ1v) is 9.74. The van der Waals surface area contributed by atoms with Gasteiger partial charge < -0.3 is 5.32 Å². The Labute approximate surface area is 119 Å². The SMILES string of the molecule is CCCNC1CCCC1CCS(=O)(=O)CC(C)CC. The van der Waals surface area contributed by atoms with E-state index in [1.165, 1.54) is 19.3 Å². The lowest BCUT2D eigenvalue weighted by molar-refractivity contribution is 0.391. The summed E-state index contributed by atoms with van der Waals surface area (Å²) < 4.78 is 24.1. The van der Waals surface area contributed by atoms with Gasteiger partial charge in [0.2, 0.25) is 0 Å². The lowest BCUT2D eigenvalue weighted by Crippen LogP contribution is -2.34. The Morgan fingerprint density at radius 1 is 1.26 bits per heavy atom. The van der Waals surface area contributed by atoms with Crippen LogP contribution in [0.2, 0.25) is 0 Å². The minimum atomic E-state index is -2.85. The highest BCUT2D eigenvalue weighted by Crippen LogP contribution is 2.29. The van der Waals surface area contributed by atoms with Gasteiger partial charge in [-0.25, -0.2) is 8.42 Å². The second-order valence-corrected chi connectivity index (χ2v) is 8.40. The Hall–Kier alpha value is -0.0900. The maximum Gasteiger partial charge on any atom is 0.150 e. The number of sulfone groups is 1. The summed E-state index contributed by atoms with van der Waals surface area (Å²) in [6.07, 6.45) is 6.60. The average molecular weight is 289 g/mol. The van der Waals surface area contributed by atoms with Crippen LogP contribution in [0.5, 0.6) is 0 Å². The first-order chi connectivity index (χ1) is 8.98. The summed E-state index contributed by atoms with van der Waals surface area (Å²) in [6, 6.07) is 0.554. The summed E-state index contributed by atoms with van der Waals surface area (Å²) >= 11 is 0. The molecule has 0 amide bonds. The molecule has 3 unspecified atom stereocenters. The second-order valence-electron chi connectivity index (χ2n) is 6.17. The lowest BCUT2D eigenvalue weighted by Gasteiger charge is -2.21. The first kappa shape index (κ1) is 17.0.